The van der Waals surface area contributed by atoms with Crippen LogP contribution in [0, 0.1) is 12.7 Å². The summed E-state index contributed by atoms with van der Waals surface area (Å²) >= 11 is 0. The molecule has 0 atom stereocenters. The van der Waals surface area contributed by atoms with Crippen molar-refractivity contribution in [1.82, 2.24) is 4.90 Å². The normalized spacial score (nSPS) is 10.6. The molecular weight excluding hydrogens is 301 g/mol. The first-order chi connectivity index (χ1) is 10.9. The van der Waals surface area contributed by atoms with Gasteiger partial charge in [0.05, 0.1) is 6.54 Å². The van der Waals surface area contributed by atoms with E-state index in [0.717, 1.165) is 5.56 Å². The molecule has 0 bridgehead atoms. The summed E-state index contributed by atoms with van der Waals surface area (Å²) in [5.41, 5.74) is 0.988. The van der Waals surface area contributed by atoms with Gasteiger partial charge >= 0.3 is 5.97 Å². The van der Waals surface area contributed by atoms with Crippen molar-refractivity contribution in [2.45, 2.75) is 26.3 Å². The van der Waals surface area contributed by atoms with Gasteiger partial charge in [-0.3, -0.25) is 4.79 Å². The van der Waals surface area contributed by atoms with E-state index in [1.807, 2.05) is 0 Å². The van der Waals surface area contributed by atoms with E-state index in [9.17, 15) is 14.0 Å². The van der Waals surface area contributed by atoms with Crippen LogP contribution in [0.1, 0.15) is 33.9 Å². The van der Waals surface area contributed by atoms with Gasteiger partial charge in [-0.25, -0.2) is 9.18 Å². The Labute approximate surface area is 133 Å². The summed E-state index contributed by atoms with van der Waals surface area (Å²) in [4.78, 5) is 24.6. The molecule has 23 heavy (non-hydrogen) atoms. The van der Waals surface area contributed by atoms with Gasteiger partial charge in [0.15, 0.2) is 0 Å². The van der Waals surface area contributed by atoms with Gasteiger partial charge in [0, 0.05) is 13.5 Å². The Morgan fingerprint density at radius 3 is 2.48 bits per heavy atom. The van der Waals surface area contributed by atoms with Gasteiger partial charge in [0.1, 0.15) is 22.9 Å². The number of carboxylic acids is 1. The average Bonchev–Trinajstić information content (AvgIpc) is 2.87. The minimum atomic E-state index is -1.05. The molecule has 5 nitrogen and oxygen atoms in total. The number of furan rings is 1. The largest absolute Gasteiger partial charge is 0.478 e. The highest BCUT2D eigenvalue weighted by Crippen LogP contribution is 2.16. The van der Waals surface area contributed by atoms with Gasteiger partial charge in [-0.05, 0) is 37.1 Å². The number of nitrogens with zero attached hydrogens (tertiary/aromatic N) is 1. The zero-order valence-corrected chi connectivity index (χ0v) is 13.0. The lowest BCUT2D eigenvalue weighted by Crippen LogP contribution is -2.26. The van der Waals surface area contributed by atoms with E-state index in [4.69, 9.17) is 9.52 Å². The number of hydrogen-bond acceptors (Lipinski definition) is 3. The lowest BCUT2D eigenvalue weighted by molar-refractivity contribution is -0.130. The first kappa shape index (κ1) is 16.7. The van der Waals surface area contributed by atoms with E-state index < -0.39 is 5.97 Å². The maximum atomic E-state index is 12.8. The van der Waals surface area contributed by atoms with Crippen LogP contribution in [0.15, 0.2) is 34.7 Å². The van der Waals surface area contributed by atoms with Crippen molar-refractivity contribution >= 4 is 11.9 Å². The summed E-state index contributed by atoms with van der Waals surface area (Å²) in [6.07, 6.45) is 0.800. The number of hydrogen-bond donors (Lipinski definition) is 1. The van der Waals surface area contributed by atoms with Crippen molar-refractivity contribution in [3.63, 3.8) is 0 Å². The van der Waals surface area contributed by atoms with Crippen molar-refractivity contribution in [3.05, 3.63) is 58.8 Å². The number of rotatable bonds is 6. The maximum Gasteiger partial charge on any atom is 0.339 e. The molecule has 0 radical (unpaired) electrons. The number of carbonyl (C=O) groups is 2. The number of benzene rings is 1. The quantitative estimate of drug-likeness (QED) is 0.888. The third-order valence-corrected chi connectivity index (χ3v) is 3.56. The first-order valence-electron chi connectivity index (χ1n) is 7.18. The second-order valence-electron chi connectivity index (χ2n) is 5.36. The topological polar surface area (TPSA) is 70.8 Å². The second kappa shape index (κ2) is 7.09. The van der Waals surface area contributed by atoms with Crippen LogP contribution in [0.5, 0.6) is 0 Å². The summed E-state index contributed by atoms with van der Waals surface area (Å²) in [5.74, 6) is -0.708. The van der Waals surface area contributed by atoms with Crippen LogP contribution in [0.3, 0.4) is 0 Å². The molecule has 122 valence electrons. The molecule has 1 amide bonds. The van der Waals surface area contributed by atoms with Crippen LogP contribution in [0.2, 0.25) is 0 Å². The molecule has 2 rings (SSSR count). The molecule has 0 saturated heterocycles. The van der Waals surface area contributed by atoms with E-state index in [-0.39, 0.29) is 30.3 Å². The maximum absolute atomic E-state index is 12.8. The second-order valence-corrected chi connectivity index (χ2v) is 5.36. The van der Waals surface area contributed by atoms with Gasteiger partial charge in [0.25, 0.3) is 0 Å². The molecule has 0 aliphatic carbocycles. The fourth-order valence-electron chi connectivity index (χ4n) is 2.25. The molecule has 0 unspecified atom stereocenters. The Balaban J connectivity index is 1.91. The van der Waals surface area contributed by atoms with Gasteiger partial charge in [-0.15, -0.1) is 0 Å². The predicted molar refractivity (Wildman–Crippen MR) is 81.6 cm³/mol. The third-order valence-electron chi connectivity index (χ3n) is 3.56. The van der Waals surface area contributed by atoms with Gasteiger partial charge in [-0.1, -0.05) is 12.1 Å². The molecule has 0 aliphatic rings. The van der Waals surface area contributed by atoms with Crippen molar-refractivity contribution in [3.8, 4) is 0 Å². The minimum Gasteiger partial charge on any atom is -0.478 e. The minimum absolute atomic E-state index is 0.0970. The highest BCUT2D eigenvalue weighted by Gasteiger charge is 2.16. The molecule has 1 aromatic heterocycles. The summed E-state index contributed by atoms with van der Waals surface area (Å²) < 4.78 is 18.2. The Morgan fingerprint density at radius 1 is 1.26 bits per heavy atom. The van der Waals surface area contributed by atoms with Crippen LogP contribution >= 0.6 is 0 Å². The van der Waals surface area contributed by atoms with Crippen molar-refractivity contribution in [2.75, 3.05) is 7.05 Å². The summed E-state index contributed by atoms with van der Waals surface area (Å²) in [5, 5.41) is 8.98. The molecule has 1 heterocycles. The first-order valence-corrected chi connectivity index (χ1v) is 7.18. The molecule has 2 aromatic rings. The third kappa shape index (κ3) is 4.42. The summed E-state index contributed by atoms with van der Waals surface area (Å²) in [6, 6.07) is 7.46. The number of aromatic carboxylic acids is 1. The highest BCUT2D eigenvalue weighted by atomic mass is 19.1. The van der Waals surface area contributed by atoms with E-state index in [1.54, 1.807) is 26.1 Å². The fraction of sp³-hybridized carbons (Fsp3) is 0.294. The zero-order chi connectivity index (χ0) is 17.0. The van der Waals surface area contributed by atoms with Crippen LogP contribution < -0.4 is 0 Å². The van der Waals surface area contributed by atoms with Crippen molar-refractivity contribution in [1.29, 1.82) is 0 Å². The lowest BCUT2D eigenvalue weighted by atomic mass is 10.1. The monoisotopic (exact) mass is 319 g/mol. The molecule has 0 spiro atoms. The Hall–Kier alpha value is -2.63. The summed E-state index contributed by atoms with van der Waals surface area (Å²) in [6.45, 7) is 1.78. The molecule has 1 N–H and O–H groups in total. The van der Waals surface area contributed by atoms with Gasteiger partial charge in [-0.2, -0.15) is 0 Å². The molecular formula is C17H18FNO4. The SMILES string of the molecule is Cc1oc(CN(C)C(=O)CCc2ccc(F)cc2)cc1C(=O)O. The molecule has 0 fully saturated rings. The fourth-order valence-corrected chi connectivity index (χ4v) is 2.25. The molecule has 0 aliphatic heterocycles. The van der Waals surface area contributed by atoms with E-state index >= 15 is 0 Å². The van der Waals surface area contributed by atoms with Crippen LogP contribution in [0.25, 0.3) is 0 Å². The number of halogens is 1. The number of amides is 1. The summed E-state index contributed by atoms with van der Waals surface area (Å²) in [7, 11) is 1.63. The van der Waals surface area contributed by atoms with Gasteiger partial charge < -0.3 is 14.4 Å². The highest BCUT2D eigenvalue weighted by molar-refractivity contribution is 5.88. The van der Waals surface area contributed by atoms with Crippen LogP contribution in [-0.2, 0) is 17.8 Å². The van der Waals surface area contributed by atoms with Crippen molar-refractivity contribution in [2.24, 2.45) is 0 Å². The zero-order valence-electron chi connectivity index (χ0n) is 13.0. The number of carbonyl (C=O) groups excluding carboxylic acids is 1. The smallest absolute Gasteiger partial charge is 0.339 e. The van der Waals surface area contributed by atoms with E-state index in [2.05, 4.69) is 0 Å². The molecule has 0 saturated carbocycles. The van der Waals surface area contributed by atoms with E-state index in [1.165, 1.54) is 23.1 Å². The Morgan fingerprint density at radius 2 is 1.91 bits per heavy atom. The predicted octanol–water partition coefficient (Wildman–Crippen LogP) is 3.02. The standard InChI is InChI=1S/C17H18FNO4/c1-11-15(17(21)22)9-14(23-11)10-19(2)16(20)8-5-12-3-6-13(18)7-4-12/h3-4,6-7,9H,5,8,10H2,1-2H3,(H,21,22). The van der Waals surface area contributed by atoms with Gasteiger partial charge in [0.2, 0.25) is 5.91 Å². The average molecular weight is 319 g/mol. The number of aryl methyl sites for hydroxylation is 2. The molecule has 1 aromatic carbocycles. The van der Waals surface area contributed by atoms with E-state index in [0.29, 0.717) is 17.9 Å². The van der Waals surface area contributed by atoms with Crippen LogP contribution in [0.4, 0.5) is 4.39 Å². The van der Waals surface area contributed by atoms with Crippen molar-refractivity contribution < 1.29 is 23.5 Å². The lowest BCUT2D eigenvalue weighted by Gasteiger charge is -2.15. The Kier molecular flexibility index (Phi) is 5.16. The molecule has 6 heteroatoms. The van der Waals surface area contributed by atoms with Crippen LogP contribution in [-0.4, -0.2) is 28.9 Å². The number of carboxylic acid groups (broad SMARTS) is 1. The Bertz CT molecular complexity index is 706.